The Kier molecular flexibility index (Phi) is 10.7. The monoisotopic (exact) mass is 547 g/mol. The van der Waals surface area contributed by atoms with E-state index in [4.69, 9.17) is 16.3 Å². The van der Waals surface area contributed by atoms with Crippen molar-refractivity contribution in [1.82, 2.24) is 5.32 Å². The molecule has 0 saturated heterocycles. The van der Waals surface area contributed by atoms with Crippen molar-refractivity contribution in [3.05, 3.63) is 100 Å². The summed E-state index contributed by atoms with van der Waals surface area (Å²) in [6, 6.07) is 17.2. The van der Waals surface area contributed by atoms with Gasteiger partial charge in [-0.25, -0.2) is 0 Å². The van der Waals surface area contributed by atoms with Crippen molar-refractivity contribution in [2.24, 2.45) is 0 Å². The lowest BCUT2D eigenvalue weighted by Gasteiger charge is -2.13. The van der Waals surface area contributed by atoms with Gasteiger partial charge in [0.1, 0.15) is 5.75 Å². The molecule has 0 fully saturated rings. The summed E-state index contributed by atoms with van der Waals surface area (Å²) in [4.78, 5) is 38.3. The smallest absolute Gasteiger partial charge is 0.259 e. The van der Waals surface area contributed by atoms with Crippen LogP contribution in [0.15, 0.2) is 72.8 Å². The highest BCUT2D eigenvalue weighted by Crippen LogP contribution is 2.26. The van der Waals surface area contributed by atoms with Crippen LogP contribution in [-0.2, 0) is 11.3 Å². The SMILES string of the molecule is C=C(CCCC)CC(=O)NCc1ccc(Cl)c(C(=O)Nc2ccc(OC)c(C(=O)Nc3ccc(C)cc3)c2)c1. The maximum absolute atomic E-state index is 13.1. The summed E-state index contributed by atoms with van der Waals surface area (Å²) in [7, 11) is 1.47. The quantitative estimate of drug-likeness (QED) is 0.214. The minimum absolute atomic E-state index is 0.119. The van der Waals surface area contributed by atoms with Gasteiger partial charge < -0.3 is 20.7 Å². The number of rotatable bonds is 12. The summed E-state index contributed by atoms with van der Waals surface area (Å²) >= 11 is 6.32. The minimum atomic E-state index is -0.448. The molecule has 3 N–H and O–H groups in total. The topological polar surface area (TPSA) is 96.5 Å². The van der Waals surface area contributed by atoms with E-state index in [1.807, 2.05) is 31.2 Å². The van der Waals surface area contributed by atoms with Crippen molar-refractivity contribution in [3.63, 3.8) is 0 Å². The molecule has 3 aromatic carbocycles. The number of benzene rings is 3. The number of amides is 3. The van der Waals surface area contributed by atoms with Gasteiger partial charge in [-0.2, -0.15) is 0 Å². The van der Waals surface area contributed by atoms with Crippen LogP contribution in [0.25, 0.3) is 0 Å². The zero-order chi connectivity index (χ0) is 28.4. The van der Waals surface area contributed by atoms with E-state index in [1.165, 1.54) is 7.11 Å². The van der Waals surface area contributed by atoms with E-state index in [2.05, 4.69) is 29.5 Å². The third-order valence-electron chi connectivity index (χ3n) is 6.07. The van der Waals surface area contributed by atoms with E-state index in [-0.39, 0.29) is 40.9 Å². The molecule has 0 bridgehead atoms. The van der Waals surface area contributed by atoms with Crippen LogP contribution < -0.4 is 20.7 Å². The summed E-state index contributed by atoms with van der Waals surface area (Å²) in [6.45, 7) is 8.28. The molecule has 7 nitrogen and oxygen atoms in total. The molecule has 0 spiro atoms. The molecule has 8 heteroatoms. The molecule has 3 rings (SSSR count). The Morgan fingerprint density at radius 3 is 2.26 bits per heavy atom. The Morgan fingerprint density at radius 1 is 0.897 bits per heavy atom. The molecule has 0 heterocycles. The van der Waals surface area contributed by atoms with E-state index in [0.29, 0.717) is 17.1 Å². The van der Waals surface area contributed by atoms with Gasteiger partial charge in [0.05, 0.1) is 23.3 Å². The number of nitrogens with one attached hydrogen (secondary N) is 3. The Morgan fingerprint density at radius 2 is 1.56 bits per heavy atom. The number of halogens is 1. The molecule has 0 atom stereocenters. The molecule has 0 aliphatic heterocycles. The van der Waals surface area contributed by atoms with Crippen molar-refractivity contribution >= 4 is 40.7 Å². The lowest BCUT2D eigenvalue weighted by Crippen LogP contribution is -2.23. The first-order chi connectivity index (χ1) is 18.7. The number of aryl methyl sites for hydroxylation is 1. The van der Waals surface area contributed by atoms with Crippen molar-refractivity contribution in [1.29, 1.82) is 0 Å². The lowest BCUT2D eigenvalue weighted by molar-refractivity contribution is -0.120. The fraction of sp³-hybridized carbons (Fsp3) is 0.258. The van der Waals surface area contributed by atoms with Crippen LogP contribution in [0, 0.1) is 6.92 Å². The number of carbonyl (C=O) groups excluding carboxylic acids is 3. The van der Waals surface area contributed by atoms with E-state index < -0.39 is 5.91 Å². The second-order valence-electron chi connectivity index (χ2n) is 9.31. The van der Waals surface area contributed by atoms with Crippen LogP contribution >= 0.6 is 11.6 Å². The van der Waals surface area contributed by atoms with E-state index >= 15 is 0 Å². The summed E-state index contributed by atoms with van der Waals surface area (Å²) in [6.07, 6.45) is 3.16. The molecular weight excluding hydrogens is 514 g/mol. The molecule has 39 heavy (non-hydrogen) atoms. The van der Waals surface area contributed by atoms with Crippen LogP contribution in [0.2, 0.25) is 5.02 Å². The average molecular weight is 548 g/mol. The van der Waals surface area contributed by atoms with Crippen LogP contribution in [0.5, 0.6) is 5.75 Å². The molecule has 0 aliphatic carbocycles. The number of hydrogen-bond donors (Lipinski definition) is 3. The van der Waals surface area contributed by atoms with Gasteiger partial charge in [0.25, 0.3) is 11.8 Å². The van der Waals surface area contributed by atoms with Crippen LogP contribution in [0.4, 0.5) is 11.4 Å². The summed E-state index contributed by atoms with van der Waals surface area (Å²) < 4.78 is 5.36. The molecule has 0 radical (unpaired) electrons. The molecular formula is C31H34ClN3O4. The Labute approximate surface area is 234 Å². The van der Waals surface area contributed by atoms with Gasteiger partial charge in [0.15, 0.2) is 0 Å². The molecule has 0 aromatic heterocycles. The first-order valence-corrected chi connectivity index (χ1v) is 13.2. The maximum Gasteiger partial charge on any atom is 0.259 e. The molecule has 204 valence electrons. The van der Waals surface area contributed by atoms with Crippen molar-refractivity contribution in [2.75, 3.05) is 17.7 Å². The van der Waals surface area contributed by atoms with Crippen molar-refractivity contribution in [3.8, 4) is 5.75 Å². The highest BCUT2D eigenvalue weighted by atomic mass is 35.5. The van der Waals surface area contributed by atoms with E-state index in [0.717, 1.165) is 36.0 Å². The zero-order valence-corrected chi connectivity index (χ0v) is 23.3. The minimum Gasteiger partial charge on any atom is -0.496 e. The summed E-state index contributed by atoms with van der Waals surface area (Å²) in [5, 5.41) is 8.77. The van der Waals surface area contributed by atoms with Crippen LogP contribution in [0.1, 0.15) is 64.4 Å². The zero-order valence-electron chi connectivity index (χ0n) is 22.5. The predicted octanol–water partition coefficient (Wildman–Crippen LogP) is 6.91. The van der Waals surface area contributed by atoms with Crippen LogP contribution in [0.3, 0.4) is 0 Å². The standard InChI is InChI=1S/C31H34ClN3O4/c1-5-6-7-21(3)16-29(36)33-19-22-10-14-27(32)25(17-22)30(37)35-24-13-15-28(39-4)26(18-24)31(38)34-23-11-8-20(2)9-12-23/h8-15,17-18H,3,5-7,16,19H2,1-2,4H3,(H,33,36)(H,34,38)(H,35,37). The van der Waals surface area contributed by atoms with Gasteiger partial charge in [-0.3, -0.25) is 14.4 Å². The molecule has 0 unspecified atom stereocenters. The molecule has 0 aliphatic rings. The van der Waals surface area contributed by atoms with Gasteiger partial charge >= 0.3 is 0 Å². The fourth-order valence-corrected chi connectivity index (χ4v) is 4.06. The van der Waals surface area contributed by atoms with Gasteiger partial charge in [-0.1, -0.05) is 60.9 Å². The average Bonchev–Trinajstić information content (AvgIpc) is 2.92. The summed E-state index contributed by atoms with van der Waals surface area (Å²) in [5.41, 5.74) is 4.25. The predicted molar refractivity (Wildman–Crippen MR) is 157 cm³/mol. The first kappa shape index (κ1) is 29.5. The number of hydrogen-bond acceptors (Lipinski definition) is 4. The normalized spacial score (nSPS) is 10.5. The second kappa shape index (κ2) is 14.2. The molecule has 3 amide bonds. The molecule has 0 saturated carbocycles. The maximum atomic E-state index is 13.1. The fourth-order valence-electron chi connectivity index (χ4n) is 3.86. The first-order valence-electron chi connectivity index (χ1n) is 12.8. The van der Waals surface area contributed by atoms with Gasteiger partial charge in [-0.15, -0.1) is 0 Å². The van der Waals surface area contributed by atoms with Crippen molar-refractivity contribution in [2.45, 2.75) is 46.1 Å². The van der Waals surface area contributed by atoms with Gasteiger partial charge in [0.2, 0.25) is 5.91 Å². The third-order valence-corrected chi connectivity index (χ3v) is 6.40. The number of unbranched alkanes of at least 4 members (excludes halogenated alkanes) is 1. The highest BCUT2D eigenvalue weighted by molar-refractivity contribution is 6.34. The Bertz CT molecular complexity index is 1350. The van der Waals surface area contributed by atoms with Gasteiger partial charge in [0, 0.05) is 24.3 Å². The van der Waals surface area contributed by atoms with Crippen LogP contribution in [-0.4, -0.2) is 24.8 Å². The van der Waals surface area contributed by atoms with E-state index in [9.17, 15) is 14.4 Å². The Balaban J connectivity index is 1.69. The third kappa shape index (κ3) is 8.72. The largest absolute Gasteiger partial charge is 0.496 e. The van der Waals surface area contributed by atoms with E-state index in [1.54, 1.807) is 36.4 Å². The number of ether oxygens (including phenoxy) is 1. The summed E-state index contributed by atoms with van der Waals surface area (Å²) in [5.74, 6) is -0.575. The Hall–Kier alpha value is -4.10. The highest BCUT2D eigenvalue weighted by Gasteiger charge is 2.17. The number of methoxy groups -OCH3 is 1. The second-order valence-corrected chi connectivity index (χ2v) is 9.72. The van der Waals surface area contributed by atoms with Gasteiger partial charge in [-0.05, 0) is 67.8 Å². The number of anilines is 2. The van der Waals surface area contributed by atoms with Crippen molar-refractivity contribution < 1.29 is 19.1 Å². The lowest BCUT2D eigenvalue weighted by atomic mass is 10.1. The number of carbonyl (C=O) groups is 3. The molecule has 3 aromatic rings.